The number of carbonyl (C=O) groups excluding carboxylic acids is 1. The second-order valence-corrected chi connectivity index (χ2v) is 3.18. The highest BCUT2D eigenvalue weighted by atomic mass is 16.5. The number of amides is 2. The van der Waals surface area contributed by atoms with Crippen LogP contribution in [0.2, 0.25) is 0 Å². The monoisotopic (exact) mass is 218 g/mol. The minimum Gasteiger partial charge on any atom is -0.480 e. The highest BCUT2D eigenvalue weighted by Gasteiger charge is 2.13. The Bertz CT molecular complexity index is 220. The van der Waals surface area contributed by atoms with Gasteiger partial charge in [0.2, 0.25) is 0 Å². The van der Waals surface area contributed by atoms with Gasteiger partial charge in [-0.05, 0) is 20.8 Å². The molecular weight excluding hydrogens is 200 g/mol. The van der Waals surface area contributed by atoms with Crippen molar-refractivity contribution in [2.75, 3.05) is 13.2 Å². The molecule has 1 unspecified atom stereocenters. The van der Waals surface area contributed by atoms with E-state index in [1.165, 1.54) is 6.92 Å². The number of aliphatic carboxylic acids is 1. The Hall–Kier alpha value is -1.30. The van der Waals surface area contributed by atoms with E-state index in [0.29, 0.717) is 13.2 Å². The fourth-order valence-corrected chi connectivity index (χ4v) is 0.889. The molecule has 0 saturated heterocycles. The van der Waals surface area contributed by atoms with E-state index in [0.717, 1.165) is 0 Å². The van der Waals surface area contributed by atoms with E-state index in [1.54, 1.807) is 0 Å². The molecule has 0 aliphatic carbocycles. The van der Waals surface area contributed by atoms with Crippen LogP contribution >= 0.6 is 0 Å². The molecule has 15 heavy (non-hydrogen) atoms. The van der Waals surface area contributed by atoms with Crippen molar-refractivity contribution in [1.29, 1.82) is 0 Å². The lowest BCUT2D eigenvalue weighted by Crippen LogP contribution is -2.46. The third-order valence-corrected chi connectivity index (χ3v) is 1.72. The molecule has 2 amide bonds. The van der Waals surface area contributed by atoms with Crippen LogP contribution in [0.15, 0.2) is 0 Å². The molecule has 0 fully saturated rings. The third-order valence-electron chi connectivity index (χ3n) is 1.72. The summed E-state index contributed by atoms with van der Waals surface area (Å²) >= 11 is 0. The largest absolute Gasteiger partial charge is 0.480 e. The maximum absolute atomic E-state index is 11.1. The van der Waals surface area contributed by atoms with Gasteiger partial charge < -0.3 is 20.5 Å². The maximum Gasteiger partial charge on any atom is 0.325 e. The Balaban J connectivity index is 3.70. The average molecular weight is 218 g/mol. The number of hydrogen-bond donors (Lipinski definition) is 3. The molecule has 88 valence electrons. The zero-order valence-electron chi connectivity index (χ0n) is 9.24. The molecule has 0 bridgehead atoms. The molecular formula is C9H18N2O4. The number of hydrogen-bond acceptors (Lipinski definition) is 3. The van der Waals surface area contributed by atoms with Crippen LogP contribution < -0.4 is 10.6 Å². The fraction of sp³-hybridized carbons (Fsp3) is 0.778. The van der Waals surface area contributed by atoms with Gasteiger partial charge in [-0.3, -0.25) is 4.79 Å². The number of nitrogens with one attached hydrogen (secondary N) is 2. The van der Waals surface area contributed by atoms with Gasteiger partial charge in [0.1, 0.15) is 6.04 Å². The van der Waals surface area contributed by atoms with Gasteiger partial charge in [-0.15, -0.1) is 0 Å². The van der Waals surface area contributed by atoms with Gasteiger partial charge in [0.05, 0.1) is 6.10 Å². The molecule has 6 heteroatoms. The Morgan fingerprint density at radius 1 is 1.40 bits per heavy atom. The predicted octanol–water partition coefficient (Wildman–Crippen LogP) is 0.184. The first-order chi connectivity index (χ1) is 6.97. The molecule has 0 aromatic carbocycles. The maximum atomic E-state index is 11.1. The standard InChI is InChI=1S/C9H18N2O4/c1-4-15-6(2)5-10-9(14)11-7(3)8(12)13/h6-7H,4-5H2,1-3H3,(H,12,13)(H2,10,11,14)/t6?,7-/m0/s1. The van der Waals surface area contributed by atoms with Crippen LogP contribution in [-0.2, 0) is 9.53 Å². The van der Waals surface area contributed by atoms with Crippen molar-refractivity contribution >= 4 is 12.0 Å². The van der Waals surface area contributed by atoms with Crippen LogP contribution in [-0.4, -0.2) is 42.4 Å². The van der Waals surface area contributed by atoms with Crippen LogP contribution in [0.4, 0.5) is 4.79 Å². The SMILES string of the molecule is CCOC(C)CNC(=O)N[C@@H](C)C(=O)O. The number of carboxylic acids is 1. The quantitative estimate of drug-likeness (QED) is 0.593. The number of carboxylic acid groups (broad SMARTS) is 1. The molecule has 0 aromatic rings. The van der Waals surface area contributed by atoms with Crippen LogP contribution in [0.5, 0.6) is 0 Å². The molecule has 0 aromatic heterocycles. The molecule has 0 aliphatic heterocycles. The lowest BCUT2D eigenvalue weighted by Gasteiger charge is -2.14. The van der Waals surface area contributed by atoms with Crippen molar-refractivity contribution in [2.45, 2.75) is 32.9 Å². The van der Waals surface area contributed by atoms with E-state index in [9.17, 15) is 9.59 Å². The molecule has 0 radical (unpaired) electrons. The molecule has 0 rings (SSSR count). The number of urea groups is 1. The van der Waals surface area contributed by atoms with Crippen LogP contribution in [0.1, 0.15) is 20.8 Å². The number of rotatable bonds is 6. The van der Waals surface area contributed by atoms with Gasteiger partial charge in [-0.1, -0.05) is 0 Å². The zero-order valence-corrected chi connectivity index (χ0v) is 9.24. The van der Waals surface area contributed by atoms with E-state index in [1.807, 2.05) is 13.8 Å². The Kier molecular flexibility index (Phi) is 6.44. The Labute approximate surface area is 89.0 Å². The van der Waals surface area contributed by atoms with Crippen molar-refractivity contribution in [3.8, 4) is 0 Å². The van der Waals surface area contributed by atoms with Crippen molar-refractivity contribution in [2.24, 2.45) is 0 Å². The topological polar surface area (TPSA) is 87.7 Å². The van der Waals surface area contributed by atoms with Crippen LogP contribution in [0, 0.1) is 0 Å². The summed E-state index contributed by atoms with van der Waals surface area (Å²) in [4.78, 5) is 21.5. The first-order valence-corrected chi connectivity index (χ1v) is 4.86. The summed E-state index contributed by atoms with van der Waals surface area (Å²) in [6, 6.07) is -1.40. The molecule has 6 nitrogen and oxygen atoms in total. The van der Waals surface area contributed by atoms with Crippen molar-refractivity contribution in [1.82, 2.24) is 10.6 Å². The van der Waals surface area contributed by atoms with Gasteiger partial charge in [0.15, 0.2) is 0 Å². The summed E-state index contributed by atoms with van der Waals surface area (Å²) in [5.74, 6) is -1.07. The third kappa shape index (κ3) is 6.73. The molecule has 3 N–H and O–H groups in total. The Morgan fingerprint density at radius 3 is 2.47 bits per heavy atom. The second kappa shape index (κ2) is 7.05. The van der Waals surface area contributed by atoms with Gasteiger partial charge in [-0.2, -0.15) is 0 Å². The Morgan fingerprint density at radius 2 is 2.00 bits per heavy atom. The molecule has 2 atom stereocenters. The van der Waals surface area contributed by atoms with Gasteiger partial charge in [-0.25, -0.2) is 4.79 Å². The second-order valence-electron chi connectivity index (χ2n) is 3.18. The number of carbonyl (C=O) groups is 2. The van der Waals surface area contributed by atoms with Crippen LogP contribution in [0.3, 0.4) is 0 Å². The van der Waals surface area contributed by atoms with Crippen molar-refractivity contribution in [3.05, 3.63) is 0 Å². The van der Waals surface area contributed by atoms with Gasteiger partial charge >= 0.3 is 12.0 Å². The molecule has 0 saturated carbocycles. The van der Waals surface area contributed by atoms with E-state index >= 15 is 0 Å². The molecule has 0 heterocycles. The highest BCUT2D eigenvalue weighted by Crippen LogP contribution is 1.87. The fourth-order valence-electron chi connectivity index (χ4n) is 0.889. The van der Waals surface area contributed by atoms with Gasteiger partial charge in [0, 0.05) is 13.2 Å². The summed E-state index contributed by atoms with van der Waals surface area (Å²) < 4.78 is 5.19. The van der Waals surface area contributed by atoms with Gasteiger partial charge in [0.25, 0.3) is 0 Å². The molecule has 0 aliphatic rings. The van der Waals surface area contributed by atoms with Crippen molar-refractivity contribution < 1.29 is 19.4 Å². The zero-order chi connectivity index (χ0) is 11.8. The van der Waals surface area contributed by atoms with E-state index in [-0.39, 0.29) is 6.10 Å². The normalized spacial score (nSPS) is 14.1. The highest BCUT2D eigenvalue weighted by molar-refractivity contribution is 5.82. The van der Waals surface area contributed by atoms with Crippen LogP contribution in [0.25, 0.3) is 0 Å². The summed E-state index contributed by atoms with van der Waals surface area (Å²) in [5, 5.41) is 13.3. The van der Waals surface area contributed by atoms with Crippen molar-refractivity contribution in [3.63, 3.8) is 0 Å². The minimum absolute atomic E-state index is 0.0825. The van der Waals surface area contributed by atoms with E-state index in [4.69, 9.17) is 9.84 Å². The number of ether oxygens (including phenoxy) is 1. The average Bonchev–Trinajstić information content (AvgIpc) is 2.15. The van der Waals surface area contributed by atoms with E-state index in [2.05, 4.69) is 10.6 Å². The predicted molar refractivity (Wildman–Crippen MR) is 54.7 cm³/mol. The lowest BCUT2D eigenvalue weighted by molar-refractivity contribution is -0.138. The van der Waals surface area contributed by atoms with E-state index < -0.39 is 18.0 Å². The summed E-state index contributed by atoms with van der Waals surface area (Å²) in [5.41, 5.74) is 0. The molecule has 0 spiro atoms. The lowest BCUT2D eigenvalue weighted by atomic mass is 10.3. The first kappa shape index (κ1) is 13.7. The smallest absolute Gasteiger partial charge is 0.325 e. The summed E-state index contributed by atoms with van der Waals surface area (Å²) in [6.07, 6.45) is -0.0825. The summed E-state index contributed by atoms with van der Waals surface area (Å²) in [7, 11) is 0. The first-order valence-electron chi connectivity index (χ1n) is 4.86. The summed E-state index contributed by atoms with van der Waals surface area (Å²) in [6.45, 7) is 6.02. The minimum atomic E-state index is -1.07.